The minimum atomic E-state index is 0.517. The van der Waals surface area contributed by atoms with Crippen LogP contribution in [0.5, 0.6) is 0 Å². The molecule has 0 spiro atoms. The van der Waals surface area contributed by atoms with Crippen LogP contribution in [0.25, 0.3) is 0 Å². The van der Waals surface area contributed by atoms with Crippen LogP contribution in [-0.2, 0) is 0 Å². The summed E-state index contributed by atoms with van der Waals surface area (Å²) in [5, 5.41) is 0. The van der Waals surface area contributed by atoms with Crippen LogP contribution in [0.4, 0.5) is 0 Å². The van der Waals surface area contributed by atoms with Gasteiger partial charge in [0.05, 0.1) is 0 Å². The van der Waals surface area contributed by atoms with Crippen molar-refractivity contribution in [2.24, 2.45) is 16.6 Å². The van der Waals surface area contributed by atoms with Crippen LogP contribution in [0, 0.1) is 5.92 Å². The van der Waals surface area contributed by atoms with Crippen molar-refractivity contribution in [3.8, 4) is 0 Å². The zero-order valence-electron chi connectivity index (χ0n) is 14.4. The maximum atomic E-state index is 5.73. The van der Waals surface area contributed by atoms with Gasteiger partial charge in [-0.3, -0.25) is 4.99 Å². The molecule has 0 aromatic carbocycles. The molecular formula is C19H30N2. The van der Waals surface area contributed by atoms with Crippen molar-refractivity contribution in [3.63, 3.8) is 0 Å². The van der Waals surface area contributed by atoms with Crippen molar-refractivity contribution in [3.05, 3.63) is 58.9 Å². The van der Waals surface area contributed by atoms with E-state index in [0.717, 1.165) is 23.3 Å². The molecule has 0 aromatic heterocycles. The van der Waals surface area contributed by atoms with Gasteiger partial charge in [-0.2, -0.15) is 0 Å². The fourth-order valence-electron chi connectivity index (χ4n) is 1.72. The molecule has 2 nitrogen and oxygen atoms in total. The monoisotopic (exact) mass is 286 g/mol. The highest BCUT2D eigenvalue weighted by Crippen LogP contribution is 2.24. The molecule has 0 atom stereocenters. The van der Waals surface area contributed by atoms with E-state index in [9.17, 15) is 0 Å². The van der Waals surface area contributed by atoms with Crippen LogP contribution in [0.15, 0.2) is 63.9 Å². The third kappa shape index (κ3) is 7.50. The molecule has 0 aromatic rings. The van der Waals surface area contributed by atoms with Gasteiger partial charge in [-0.15, -0.1) is 0 Å². The lowest BCUT2D eigenvalue weighted by molar-refractivity contribution is 0.768. The molecule has 116 valence electrons. The van der Waals surface area contributed by atoms with E-state index in [2.05, 4.69) is 51.4 Å². The second-order valence-electron chi connectivity index (χ2n) is 5.51. The first-order chi connectivity index (χ1) is 9.83. The molecule has 0 amide bonds. The Hall–Kier alpha value is -1.83. The molecule has 0 rings (SSSR count). The first-order valence-corrected chi connectivity index (χ1v) is 7.46. The Balaban J connectivity index is 5.69. The summed E-state index contributed by atoms with van der Waals surface area (Å²) in [6.45, 7) is 14.8. The second kappa shape index (κ2) is 9.98. The maximum Gasteiger partial charge on any atom is 0.0277 e. The van der Waals surface area contributed by atoms with Crippen molar-refractivity contribution in [1.29, 1.82) is 0 Å². The summed E-state index contributed by atoms with van der Waals surface area (Å²) < 4.78 is 0. The number of nitrogens with zero attached hydrogens (tertiary/aromatic N) is 1. The number of nitrogens with two attached hydrogens (primary N) is 1. The summed E-state index contributed by atoms with van der Waals surface area (Å²) in [7, 11) is 1.77. The molecule has 0 unspecified atom stereocenters. The number of aliphatic imine (C=N–C) groups is 1. The highest BCUT2D eigenvalue weighted by atomic mass is 14.6. The summed E-state index contributed by atoms with van der Waals surface area (Å²) in [6, 6.07) is 0. The van der Waals surface area contributed by atoms with Gasteiger partial charge >= 0.3 is 0 Å². The highest BCUT2D eigenvalue weighted by molar-refractivity contribution is 5.76. The molecule has 0 saturated heterocycles. The molecule has 0 bridgehead atoms. The molecule has 0 aliphatic carbocycles. The molecule has 2 heteroatoms. The minimum absolute atomic E-state index is 0.517. The molecule has 0 fully saturated rings. The molecule has 21 heavy (non-hydrogen) atoms. The predicted molar refractivity (Wildman–Crippen MR) is 96.6 cm³/mol. The van der Waals surface area contributed by atoms with Crippen LogP contribution < -0.4 is 5.73 Å². The van der Waals surface area contributed by atoms with E-state index in [1.54, 1.807) is 7.05 Å². The molecule has 0 heterocycles. The minimum Gasteiger partial charge on any atom is -0.402 e. The number of hydrogen-bond donors (Lipinski definition) is 1. The topological polar surface area (TPSA) is 38.4 Å². The molecule has 0 saturated carbocycles. The summed E-state index contributed by atoms with van der Waals surface area (Å²) in [4.78, 5) is 4.05. The Morgan fingerprint density at radius 1 is 1.19 bits per heavy atom. The smallest absolute Gasteiger partial charge is 0.0277 e. The van der Waals surface area contributed by atoms with E-state index in [1.165, 1.54) is 11.1 Å². The van der Waals surface area contributed by atoms with Crippen LogP contribution >= 0.6 is 0 Å². The van der Waals surface area contributed by atoms with Crippen LogP contribution in [-0.4, -0.2) is 13.3 Å². The van der Waals surface area contributed by atoms with Crippen molar-refractivity contribution < 1.29 is 0 Å². The van der Waals surface area contributed by atoms with Gasteiger partial charge in [0.2, 0.25) is 0 Å². The quantitative estimate of drug-likeness (QED) is 0.520. The van der Waals surface area contributed by atoms with Gasteiger partial charge in [0, 0.05) is 19.0 Å². The lowest BCUT2D eigenvalue weighted by atomic mass is 9.93. The van der Waals surface area contributed by atoms with Crippen LogP contribution in [0.3, 0.4) is 0 Å². The zero-order chi connectivity index (χ0) is 16.4. The van der Waals surface area contributed by atoms with Gasteiger partial charge in [0.1, 0.15) is 0 Å². The second-order valence-corrected chi connectivity index (χ2v) is 5.51. The molecule has 0 aliphatic heterocycles. The summed E-state index contributed by atoms with van der Waals surface area (Å²) in [5.41, 5.74) is 11.2. The zero-order valence-corrected chi connectivity index (χ0v) is 14.4. The van der Waals surface area contributed by atoms with E-state index in [4.69, 9.17) is 5.73 Å². The Morgan fingerprint density at radius 2 is 1.81 bits per heavy atom. The SMILES string of the molecule is C=C(/C=C(\C)C(C)C)C(=C\C=NC)/C(=C/C=C(\C)N)CC. The fraction of sp³-hybridized carbons (Fsp3) is 0.421. The van der Waals surface area contributed by atoms with Crippen molar-refractivity contribution in [1.82, 2.24) is 0 Å². The van der Waals surface area contributed by atoms with E-state index in [0.29, 0.717) is 5.92 Å². The summed E-state index contributed by atoms with van der Waals surface area (Å²) >= 11 is 0. The normalized spacial score (nSPS) is 15.2. The molecular weight excluding hydrogens is 256 g/mol. The molecule has 0 aliphatic rings. The Kier molecular flexibility index (Phi) is 9.11. The standard InChI is InChI=1S/C19H30N2/c1-8-18(10-9-17(6)20)19(11-12-21-7)16(5)13-15(4)14(2)3/h9-14H,5,8,20H2,1-4,6-7H3/b15-13+,17-9+,18-10+,19-11+,21-12?. The summed E-state index contributed by atoms with van der Waals surface area (Å²) in [6.07, 6.45) is 10.9. The number of allylic oxidation sites excluding steroid dienone is 9. The van der Waals surface area contributed by atoms with Gasteiger partial charge in [0.25, 0.3) is 0 Å². The predicted octanol–water partition coefficient (Wildman–Crippen LogP) is 4.97. The third-order valence-electron chi connectivity index (χ3n) is 3.32. The van der Waals surface area contributed by atoms with E-state index in [-0.39, 0.29) is 0 Å². The van der Waals surface area contributed by atoms with E-state index >= 15 is 0 Å². The number of rotatable bonds is 7. The Bertz CT molecular complexity index is 494. The first kappa shape index (κ1) is 19.2. The maximum absolute atomic E-state index is 5.73. The summed E-state index contributed by atoms with van der Waals surface area (Å²) in [5.74, 6) is 0.517. The van der Waals surface area contributed by atoms with Gasteiger partial charge in [-0.05, 0) is 55.1 Å². The van der Waals surface area contributed by atoms with Crippen molar-refractivity contribution >= 4 is 6.21 Å². The largest absolute Gasteiger partial charge is 0.402 e. The van der Waals surface area contributed by atoms with Crippen molar-refractivity contribution in [2.45, 2.75) is 41.0 Å². The molecule has 2 N–H and O–H groups in total. The van der Waals surface area contributed by atoms with Gasteiger partial charge < -0.3 is 5.73 Å². The highest BCUT2D eigenvalue weighted by Gasteiger charge is 2.06. The van der Waals surface area contributed by atoms with Crippen molar-refractivity contribution in [2.75, 3.05) is 7.05 Å². The van der Waals surface area contributed by atoms with Gasteiger partial charge in [-0.25, -0.2) is 0 Å². The van der Waals surface area contributed by atoms with Gasteiger partial charge in [-0.1, -0.05) is 45.1 Å². The van der Waals surface area contributed by atoms with E-state index < -0.39 is 0 Å². The lowest BCUT2D eigenvalue weighted by Crippen LogP contribution is -1.96. The first-order valence-electron chi connectivity index (χ1n) is 7.46. The fourth-order valence-corrected chi connectivity index (χ4v) is 1.72. The van der Waals surface area contributed by atoms with Crippen LogP contribution in [0.2, 0.25) is 0 Å². The third-order valence-corrected chi connectivity index (χ3v) is 3.32. The van der Waals surface area contributed by atoms with E-state index in [1.807, 2.05) is 25.3 Å². The molecule has 0 radical (unpaired) electrons. The Morgan fingerprint density at radius 3 is 2.24 bits per heavy atom. The van der Waals surface area contributed by atoms with Gasteiger partial charge in [0.15, 0.2) is 0 Å². The average Bonchev–Trinajstić information content (AvgIpc) is 2.41. The Labute approximate surface area is 130 Å². The number of hydrogen-bond acceptors (Lipinski definition) is 2. The average molecular weight is 286 g/mol. The lowest BCUT2D eigenvalue weighted by Gasteiger charge is -2.13. The van der Waals surface area contributed by atoms with Crippen LogP contribution in [0.1, 0.15) is 41.0 Å².